The lowest BCUT2D eigenvalue weighted by atomic mass is 10.3. The van der Waals surface area contributed by atoms with Crippen molar-refractivity contribution in [3.8, 4) is 0 Å². The van der Waals surface area contributed by atoms with Crippen LogP contribution in [0.2, 0.25) is 0 Å². The molecule has 3 rings (SSSR count). The molecule has 7 nitrogen and oxygen atoms in total. The first-order valence-electron chi connectivity index (χ1n) is 7.63. The van der Waals surface area contributed by atoms with E-state index in [1.807, 2.05) is 24.3 Å². The van der Waals surface area contributed by atoms with E-state index < -0.39 is 0 Å². The summed E-state index contributed by atoms with van der Waals surface area (Å²) in [6.07, 6.45) is 1.54. The van der Waals surface area contributed by atoms with Gasteiger partial charge in [-0.25, -0.2) is 4.98 Å². The zero-order valence-corrected chi connectivity index (χ0v) is 14.4. The molecule has 0 aliphatic rings. The minimum Gasteiger partial charge on any atom is -0.467 e. The van der Waals surface area contributed by atoms with Crippen LogP contribution in [0.15, 0.2) is 56.7 Å². The second-order valence-corrected chi connectivity index (χ2v) is 6.27. The first-order chi connectivity index (χ1) is 12.1. The Labute approximate surface area is 148 Å². The number of fused-ring (bicyclic) bond motifs is 1. The molecule has 0 fully saturated rings. The molecule has 1 aromatic carbocycles. The molecule has 0 atom stereocenters. The normalized spacial score (nSPS) is 10.8. The lowest BCUT2D eigenvalue weighted by molar-refractivity contribution is -0.132. The Hall–Kier alpha value is -2.74. The fourth-order valence-electron chi connectivity index (χ4n) is 2.10. The van der Waals surface area contributed by atoms with Crippen LogP contribution in [0, 0.1) is 0 Å². The van der Waals surface area contributed by atoms with E-state index in [-0.39, 0.29) is 24.1 Å². The highest BCUT2D eigenvalue weighted by atomic mass is 32.2. The van der Waals surface area contributed by atoms with Crippen LogP contribution < -0.4 is 5.32 Å². The average Bonchev–Trinajstić information content (AvgIpc) is 3.26. The molecular formula is C17H17N3O4S. The Morgan fingerprint density at radius 1 is 1.24 bits per heavy atom. The number of aromatic nitrogens is 1. The molecular weight excluding hydrogens is 342 g/mol. The SMILES string of the molecule is CN(CC(=O)NCc1ccco1)C(=O)CSc1nc2ccccc2o1. The molecule has 2 amide bonds. The van der Waals surface area contributed by atoms with E-state index in [2.05, 4.69) is 10.3 Å². The number of amides is 2. The summed E-state index contributed by atoms with van der Waals surface area (Å²) < 4.78 is 10.7. The van der Waals surface area contributed by atoms with Gasteiger partial charge in [-0.3, -0.25) is 9.59 Å². The Kier molecular flexibility index (Phi) is 5.39. The van der Waals surface area contributed by atoms with Gasteiger partial charge in [0.2, 0.25) is 11.8 Å². The number of rotatable bonds is 7. The number of benzene rings is 1. The van der Waals surface area contributed by atoms with Gasteiger partial charge in [0.05, 0.1) is 25.1 Å². The van der Waals surface area contributed by atoms with Gasteiger partial charge in [-0.2, -0.15) is 0 Å². The summed E-state index contributed by atoms with van der Waals surface area (Å²) in [5.41, 5.74) is 1.44. The van der Waals surface area contributed by atoms with Gasteiger partial charge in [0.25, 0.3) is 5.22 Å². The zero-order chi connectivity index (χ0) is 17.6. The number of oxazole rings is 1. The Morgan fingerprint density at radius 3 is 2.84 bits per heavy atom. The molecule has 0 radical (unpaired) electrons. The maximum Gasteiger partial charge on any atom is 0.257 e. The quantitative estimate of drug-likeness (QED) is 0.651. The molecule has 1 N–H and O–H groups in total. The number of carbonyl (C=O) groups is 2. The van der Waals surface area contributed by atoms with E-state index in [1.165, 1.54) is 16.7 Å². The van der Waals surface area contributed by atoms with Crippen LogP contribution >= 0.6 is 11.8 Å². The number of likely N-dealkylation sites (N-methyl/N-ethyl adjacent to an activating group) is 1. The van der Waals surface area contributed by atoms with Crippen LogP contribution in [0.5, 0.6) is 0 Å². The summed E-state index contributed by atoms with van der Waals surface area (Å²) in [4.78, 5) is 29.7. The predicted octanol–water partition coefficient (Wildman–Crippen LogP) is 2.29. The molecule has 130 valence electrons. The Morgan fingerprint density at radius 2 is 2.08 bits per heavy atom. The van der Waals surface area contributed by atoms with Crippen molar-refractivity contribution in [2.24, 2.45) is 0 Å². The van der Waals surface area contributed by atoms with Crippen molar-refractivity contribution in [2.75, 3.05) is 19.3 Å². The van der Waals surface area contributed by atoms with Gasteiger partial charge in [-0.1, -0.05) is 23.9 Å². The van der Waals surface area contributed by atoms with E-state index in [1.54, 1.807) is 25.4 Å². The summed E-state index contributed by atoms with van der Waals surface area (Å²) in [6.45, 7) is 0.277. The van der Waals surface area contributed by atoms with Gasteiger partial charge in [-0.15, -0.1) is 0 Å². The third-order valence-corrected chi connectivity index (χ3v) is 4.25. The van der Waals surface area contributed by atoms with Crippen molar-refractivity contribution in [1.82, 2.24) is 15.2 Å². The van der Waals surface area contributed by atoms with Gasteiger partial charge in [0, 0.05) is 7.05 Å². The highest BCUT2D eigenvalue weighted by molar-refractivity contribution is 7.99. The zero-order valence-electron chi connectivity index (χ0n) is 13.6. The summed E-state index contributed by atoms with van der Waals surface area (Å²) in [7, 11) is 1.58. The van der Waals surface area contributed by atoms with E-state index >= 15 is 0 Å². The van der Waals surface area contributed by atoms with Gasteiger partial charge >= 0.3 is 0 Å². The lowest BCUT2D eigenvalue weighted by Crippen LogP contribution is -2.38. The van der Waals surface area contributed by atoms with Crippen LogP contribution in [-0.2, 0) is 16.1 Å². The lowest BCUT2D eigenvalue weighted by Gasteiger charge is -2.15. The van der Waals surface area contributed by atoms with Crippen molar-refractivity contribution in [1.29, 1.82) is 0 Å². The number of furan rings is 1. The molecule has 25 heavy (non-hydrogen) atoms. The van der Waals surface area contributed by atoms with Crippen molar-refractivity contribution < 1.29 is 18.4 Å². The van der Waals surface area contributed by atoms with Crippen molar-refractivity contribution in [2.45, 2.75) is 11.8 Å². The summed E-state index contributed by atoms with van der Waals surface area (Å²) >= 11 is 1.21. The number of nitrogens with zero attached hydrogens (tertiary/aromatic N) is 2. The van der Waals surface area contributed by atoms with E-state index in [0.717, 1.165) is 5.52 Å². The molecule has 0 unspecified atom stereocenters. The standard InChI is InChI=1S/C17H17N3O4S/c1-20(10-15(21)18-9-12-5-4-8-23-12)16(22)11-25-17-19-13-6-2-3-7-14(13)24-17/h2-8H,9-11H2,1H3,(H,18,21). The van der Waals surface area contributed by atoms with Crippen molar-refractivity contribution in [3.05, 3.63) is 48.4 Å². The van der Waals surface area contributed by atoms with Crippen LogP contribution in [0.4, 0.5) is 0 Å². The highest BCUT2D eigenvalue weighted by Gasteiger charge is 2.15. The van der Waals surface area contributed by atoms with Gasteiger partial charge in [-0.05, 0) is 24.3 Å². The summed E-state index contributed by atoms with van der Waals surface area (Å²) in [6, 6.07) is 10.9. The molecule has 3 aromatic rings. The highest BCUT2D eigenvalue weighted by Crippen LogP contribution is 2.23. The number of hydrogen-bond donors (Lipinski definition) is 1. The third-order valence-electron chi connectivity index (χ3n) is 3.44. The van der Waals surface area contributed by atoms with E-state index in [9.17, 15) is 9.59 Å². The van der Waals surface area contributed by atoms with Crippen LogP contribution in [-0.4, -0.2) is 41.0 Å². The largest absolute Gasteiger partial charge is 0.467 e. The topological polar surface area (TPSA) is 88.6 Å². The minimum absolute atomic E-state index is 0.0202. The van der Waals surface area contributed by atoms with Crippen LogP contribution in [0.25, 0.3) is 11.1 Å². The fraction of sp³-hybridized carbons (Fsp3) is 0.235. The molecule has 8 heteroatoms. The van der Waals surface area contributed by atoms with E-state index in [4.69, 9.17) is 8.83 Å². The minimum atomic E-state index is -0.251. The molecule has 0 saturated heterocycles. The molecule has 0 aliphatic carbocycles. The van der Waals surface area contributed by atoms with Crippen LogP contribution in [0.1, 0.15) is 5.76 Å². The monoisotopic (exact) mass is 359 g/mol. The Balaban J connectivity index is 1.44. The van der Waals surface area contributed by atoms with Gasteiger partial charge in [0.1, 0.15) is 11.3 Å². The number of nitrogens with one attached hydrogen (secondary N) is 1. The van der Waals surface area contributed by atoms with Crippen molar-refractivity contribution >= 4 is 34.7 Å². The Bertz CT molecular complexity index is 827. The molecule has 0 saturated carbocycles. The maximum atomic E-state index is 12.1. The van der Waals surface area contributed by atoms with Gasteiger partial charge in [0.15, 0.2) is 5.58 Å². The first kappa shape index (κ1) is 17.1. The molecule has 0 aliphatic heterocycles. The summed E-state index contributed by atoms with van der Waals surface area (Å²) in [5, 5.41) is 3.13. The predicted molar refractivity (Wildman–Crippen MR) is 92.9 cm³/mol. The second kappa shape index (κ2) is 7.89. The molecule has 0 spiro atoms. The molecule has 2 heterocycles. The smallest absolute Gasteiger partial charge is 0.257 e. The first-order valence-corrected chi connectivity index (χ1v) is 8.62. The van der Waals surface area contributed by atoms with Crippen molar-refractivity contribution in [3.63, 3.8) is 0 Å². The number of thioether (sulfide) groups is 1. The second-order valence-electron chi connectivity index (χ2n) is 5.34. The number of carbonyl (C=O) groups excluding carboxylic acids is 2. The number of para-hydroxylation sites is 2. The maximum absolute atomic E-state index is 12.1. The fourth-order valence-corrected chi connectivity index (χ4v) is 2.88. The molecule has 0 bridgehead atoms. The summed E-state index contributed by atoms with van der Waals surface area (Å²) in [5.74, 6) is 0.378. The third kappa shape index (κ3) is 4.63. The molecule has 2 aromatic heterocycles. The average molecular weight is 359 g/mol. The van der Waals surface area contributed by atoms with Gasteiger partial charge < -0.3 is 19.1 Å². The number of hydrogen-bond acceptors (Lipinski definition) is 6. The van der Waals surface area contributed by atoms with Crippen LogP contribution in [0.3, 0.4) is 0 Å². The van der Waals surface area contributed by atoms with E-state index in [0.29, 0.717) is 23.1 Å².